The first-order valence-electron chi connectivity index (χ1n) is 4.09. The van der Waals surface area contributed by atoms with Crippen LogP contribution in [0.15, 0.2) is 22.6 Å². The van der Waals surface area contributed by atoms with Crippen LogP contribution in [0.4, 0.5) is 5.69 Å². The van der Waals surface area contributed by atoms with Crippen LogP contribution in [0.2, 0.25) is 0 Å². The fourth-order valence-corrected chi connectivity index (χ4v) is 1.40. The van der Waals surface area contributed by atoms with Crippen molar-refractivity contribution in [3.8, 4) is 0 Å². The lowest BCUT2D eigenvalue weighted by molar-refractivity contribution is 0.561. The zero-order valence-electron chi connectivity index (χ0n) is 7.57. The quantitative estimate of drug-likeness (QED) is 0.698. The third-order valence-electron chi connectivity index (χ3n) is 1.78. The number of nitrogens with zero attached hydrogens (tertiary/aromatic N) is 1. The summed E-state index contributed by atoms with van der Waals surface area (Å²) in [5.74, 6) is 0.622. The van der Waals surface area contributed by atoms with Crippen molar-refractivity contribution in [2.45, 2.75) is 6.92 Å². The van der Waals surface area contributed by atoms with E-state index in [-0.39, 0.29) is 5.11 Å². The first-order chi connectivity index (χ1) is 6.66. The zero-order chi connectivity index (χ0) is 10.1. The topological polar surface area (TPSA) is 64.1 Å². The molecule has 0 bridgehead atoms. The van der Waals surface area contributed by atoms with Crippen LogP contribution < -0.4 is 11.1 Å². The molecule has 0 saturated heterocycles. The molecular formula is C9H9N3OS. The van der Waals surface area contributed by atoms with Crippen LogP contribution in [0.5, 0.6) is 0 Å². The molecule has 2 aromatic rings. The first-order valence-corrected chi connectivity index (χ1v) is 4.50. The second kappa shape index (κ2) is 3.26. The predicted octanol–water partition coefficient (Wildman–Crippen LogP) is 1.79. The molecule has 0 aliphatic carbocycles. The molecule has 0 aliphatic heterocycles. The number of fused-ring (bicyclic) bond motifs is 1. The molecule has 0 atom stereocenters. The van der Waals surface area contributed by atoms with Crippen LogP contribution in [-0.2, 0) is 0 Å². The average Bonchev–Trinajstić information content (AvgIpc) is 2.45. The van der Waals surface area contributed by atoms with E-state index in [1.807, 2.05) is 18.2 Å². The van der Waals surface area contributed by atoms with Gasteiger partial charge >= 0.3 is 0 Å². The van der Waals surface area contributed by atoms with Crippen LogP contribution in [0.3, 0.4) is 0 Å². The van der Waals surface area contributed by atoms with Gasteiger partial charge in [-0.2, -0.15) is 0 Å². The molecule has 2 rings (SSSR count). The van der Waals surface area contributed by atoms with E-state index in [4.69, 9.17) is 22.4 Å². The maximum Gasteiger partial charge on any atom is 0.192 e. The zero-order valence-corrected chi connectivity index (χ0v) is 8.39. The lowest BCUT2D eigenvalue weighted by Crippen LogP contribution is -2.18. The lowest BCUT2D eigenvalue weighted by Gasteiger charge is -2.02. The van der Waals surface area contributed by atoms with Crippen molar-refractivity contribution in [2.75, 3.05) is 5.32 Å². The summed E-state index contributed by atoms with van der Waals surface area (Å²) in [5, 5.41) is 3.07. The molecule has 5 heteroatoms. The molecule has 1 aromatic heterocycles. The highest BCUT2D eigenvalue weighted by atomic mass is 32.1. The van der Waals surface area contributed by atoms with Gasteiger partial charge in [0.25, 0.3) is 0 Å². The lowest BCUT2D eigenvalue weighted by atomic mass is 10.3. The second-order valence-electron chi connectivity index (χ2n) is 2.87. The van der Waals surface area contributed by atoms with E-state index < -0.39 is 0 Å². The standard InChI is InChI=1S/C9H9N3OS/c1-5-11-8-6(12-9(10)14)3-2-4-7(8)13-5/h2-4H,1H3,(H3,10,12,14). The molecule has 0 aliphatic rings. The normalized spacial score (nSPS) is 10.4. The Morgan fingerprint density at radius 2 is 2.36 bits per heavy atom. The van der Waals surface area contributed by atoms with Gasteiger partial charge in [0.05, 0.1) is 5.69 Å². The molecule has 0 fully saturated rings. The van der Waals surface area contributed by atoms with Crippen molar-refractivity contribution < 1.29 is 4.42 Å². The summed E-state index contributed by atoms with van der Waals surface area (Å²) in [6.07, 6.45) is 0. The number of aryl methyl sites for hydroxylation is 1. The summed E-state index contributed by atoms with van der Waals surface area (Å²) in [5.41, 5.74) is 7.63. The van der Waals surface area contributed by atoms with E-state index in [0.29, 0.717) is 5.89 Å². The summed E-state index contributed by atoms with van der Waals surface area (Å²) in [6.45, 7) is 1.80. The number of rotatable bonds is 1. The number of nitrogens with one attached hydrogen (secondary N) is 1. The molecule has 0 amide bonds. The molecule has 4 nitrogen and oxygen atoms in total. The summed E-state index contributed by atoms with van der Waals surface area (Å²) in [7, 11) is 0. The Bertz CT molecular complexity index is 492. The maximum absolute atomic E-state index is 5.38. The van der Waals surface area contributed by atoms with Gasteiger partial charge in [0.15, 0.2) is 16.6 Å². The Kier molecular flexibility index (Phi) is 2.09. The highest BCUT2D eigenvalue weighted by Gasteiger charge is 2.06. The van der Waals surface area contributed by atoms with Crippen LogP contribution in [0.1, 0.15) is 5.89 Å². The largest absolute Gasteiger partial charge is 0.441 e. The van der Waals surface area contributed by atoms with Crippen LogP contribution in [0.25, 0.3) is 11.1 Å². The number of aromatic nitrogens is 1. The van der Waals surface area contributed by atoms with Gasteiger partial charge in [0.1, 0.15) is 5.52 Å². The van der Waals surface area contributed by atoms with E-state index in [1.165, 1.54) is 0 Å². The highest BCUT2D eigenvalue weighted by molar-refractivity contribution is 7.80. The minimum atomic E-state index is 0.221. The fourth-order valence-electron chi connectivity index (χ4n) is 1.29. The van der Waals surface area contributed by atoms with Gasteiger partial charge in [-0.05, 0) is 24.4 Å². The van der Waals surface area contributed by atoms with Crippen LogP contribution in [0, 0.1) is 6.92 Å². The average molecular weight is 207 g/mol. The summed E-state index contributed by atoms with van der Waals surface area (Å²) in [6, 6.07) is 5.55. The molecule has 0 spiro atoms. The number of thiocarbonyl (C=S) groups is 1. The maximum atomic E-state index is 5.38. The van der Waals surface area contributed by atoms with Crippen molar-refractivity contribution in [2.24, 2.45) is 5.73 Å². The van der Waals surface area contributed by atoms with Gasteiger partial charge in [0, 0.05) is 6.92 Å². The van der Waals surface area contributed by atoms with Gasteiger partial charge in [-0.25, -0.2) is 4.98 Å². The molecule has 0 saturated carbocycles. The molecule has 0 radical (unpaired) electrons. The molecular weight excluding hydrogens is 198 g/mol. The first kappa shape index (κ1) is 8.96. The second-order valence-corrected chi connectivity index (χ2v) is 3.31. The van der Waals surface area contributed by atoms with E-state index in [9.17, 15) is 0 Å². The smallest absolute Gasteiger partial charge is 0.192 e. The number of para-hydroxylation sites is 1. The Labute approximate surface area is 86.1 Å². The van der Waals surface area contributed by atoms with Crippen molar-refractivity contribution in [1.82, 2.24) is 4.98 Å². The predicted molar refractivity (Wildman–Crippen MR) is 59.2 cm³/mol. The van der Waals surface area contributed by atoms with Gasteiger partial charge in [-0.1, -0.05) is 6.07 Å². The van der Waals surface area contributed by atoms with E-state index in [0.717, 1.165) is 16.8 Å². The number of hydrogen-bond acceptors (Lipinski definition) is 3. The van der Waals surface area contributed by atoms with Gasteiger partial charge in [-0.15, -0.1) is 0 Å². The monoisotopic (exact) mass is 207 g/mol. The van der Waals surface area contributed by atoms with Gasteiger partial charge in [-0.3, -0.25) is 0 Å². The van der Waals surface area contributed by atoms with Crippen LogP contribution >= 0.6 is 12.2 Å². The minimum Gasteiger partial charge on any atom is -0.441 e. The highest BCUT2D eigenvalue weighted by Crippen LogP contribution is 2.22. The fraction of sp³-hybridized carbons (Fsp3) is 0.111. The summed E-state index contributed by atoms with van der Waals surface area (Å²) < 4.78 is 5.35. The Balaban J connectivity index is 2.58. The van der Waals surface area contributed by atoms with Gasteiger partial charge in [0.2, 0.25) is 0 Å². The van der Waals surface area contributed by atoms with E-state index in [2.05, 4.69) is 10.3 Å². The minimum absolute atomic E-state index is 0.221. The van der Waals surface area contributed by atoms with Crippen molar-refractivity contribution in [3.05, 3.63) is 24.1 Å². The number of nitrogens with two attached hydrogens (primary N) is 1. The Hall–Kier alpha value is -1.62. The van der Waals surface area contributed by atoms with Crippen LogP contribution in [-0.4, -0.2) is 10.1 Å². The molecule has 72 valence electrons. The summed E-state index contributed by atoms with van der Waals surface area (Å²) >= 11 is 4.76. The molecule has 14 heavy (non-hydrogen) atoms. The Morgan fingerprint density at radius 3 is 3.07 bits per heavy atom. The molecule has 0 unspecified atom stereocenters. The number of anilines is 1. The third-order valence-corrected chi connectivity index (χ3v) is 1.89. The number of oxazole rings is 1. The van der Waals surface area contributed by atoms with Crippen molar-refractivity contribution in [3.63, 3.8) is 0 Å². The number of hydrogen-bond donors (Lipinski definition) is 2. The van der Waals surface area contributed by atoms with E-state index >= 15 is 0 Å². The van der Waals surface area contributed by atoms with Crippen molar-refractivity contribution >= 4 is 34.1 Å². The Morgan fingerprint density at radius 1 is 1.57 bits per heavy atom. The molecule has 1 heterocycles. The molecule has 3 N–H and O–H groups in total. The SMILES string of the molecule is Cc1nc2c(NC(N)=S)cccc2o1. The molecule has 1 aromatic carbocycles. The summed E-state index contributed by atoms with van der Waals surface area (Å²) in [4.78, 5) is 4.22. The third kappa shape index (κ3) is 1.54. The van der Waals surface area contributed by atoms with Gasteiger partial charge < -0.3 is 15.5 Å². The van der Waals surface area contributed by atoms with E-state index in [1.54, 1.807) is 6.92 Å². The number of benzene rings is 1. The van der Waals surface area contributed by atoms with Crippen molar-refractivity contribution in [1.29, 1.82) is 0 Å².